The molecule has 0 spiro atoms. The number of carbonyl (C=O) groups excluding carboxylic acids is 1. The van der Waals surface area contributed by atoms with E-state index in [4.69, 9.17) is 0 Å². The molecule has 0 radical (unpaired) electrons. The monoisotopic (exact) mass is 207 g/mol. The van der Waals surface area contributed by atoms with Crippen molar-refractivity contribution in [2.45, 2.75) is 38.8 Å². The van der Waals surface area contributed by atoms with Crippen LogP contribution in [0.25, 0.3) is 0 Å². The summed E-state index contributed by atoms with van der Waals surface area (Å²) in [4.78, 5) is 15.9. The molecule has 15 heavy (non-hydrogen) atoms. The quantitative estimate of drug-likeness (QED) is 0.750. The molecule has 82 valence electrons. The van der Waals surface area contributed by atoms with Crippen LogP contribution >= 0.6 is 0 Å². The number of nitrogens with zero attached hydrogens (tertiary/aromatic N) is 2. The van der Waals surface area contributed by atoms with E-state index in [1.807, 2.05) is 31.7 Å². The van der Waals surface area contributed by atoms with Gasteiger partial charge in [-0.2, -0.15) is 0 Å². The molecular formula is C11H17N3O. The van der Waals surface area contributed by atoms with Crippen LogP contribution < -0.4 is 5.32 Å². The van der Waals surface area contributed by atoms with Gasteiger partial charge in [0.1, 0.15) is 11.6 Å². The standard InChI is InChI=1S/C11H17N3O/c1-7-4-9(15)5-10(12-7)11-6-14(3)8(2)13-11/h6-7,10,12H,4-5H2,1-3H3. The summed E-state index contributed by atoms with van der Waals surface area (Å²) in [6.45, 7) is 4.01. The maximum Gasteiger partial charge on any atom is 0.136 e. The van der Waals surface area contributed by atoms with E-state index in [-0.39, 0.29) is 12.1 Å². The maximum atomic E-state index is 11.5. The summed E-state index contributed by atoms with van der Waals surface area (Å²) in [7, 11) is 1.97. The number of hydrogen-bond donors (Lipinski definition) is 1. The third-order valence-electron chi connectivity index (χ3n) is 2.94. The van der Waals surface area contributed by atoms with E-state index in [0.717, 1.165) is 11.5 Å². The van der Waals surface area contributed by atoms with Crippen molar-refractivity contribution in [2.75, 3.05) is 0 Å². The average molecular weight is 207 g/mol. The predicted octanol–water partition coefficient (Wildman–Crippen LogP) is 1.11. The minimum atomic E-state index is 0.0983. The first-order valence-corrected chi connectivity index (χ1v) is 5.34. The van der Waals surface area contributed by atoms with Crippen molar-refractivity contribution >= 4 is 5.78 Å². The Labute approximate surface area is 89.7 Å². The van der Waals surface area contributed by atoms with E-state index >= 15 is 0 Å². The Morgan fingerprint density at radius 1 is 1.53 bits per heavy atom. The molecule has 4 nitrogen and oxygen atoms in total. The van der Waals surface area contributed by atoms with Gasteiger partial charge in [-0.05, 0) is 13.8 Å². The molecule has 4 heteroatoms. The van der Waals surface area contributed by atoms with Crippen molar-refractivity contribution in [1.29, 1.82) is 0 Å². The molecule has 2 atom stereocenters. The van der Waals surface area contributed by atoms with Crippen LogP contribution in [0.3, 0.4) is 0 Å². The average Bonchev–Trinajstić information content (AvgIpc) is 2.45. The number of Topliss-reactive ketones (excluding diaryl/α,β-unsaturated/α-hetero) is 1. The Balaban J connectivity index is 2.19. The third kappa shape index (κ3) is 2.09. The Morgan fingerprint density at radius 3 is 2.80 bits per heavy atom. The molecule has 1 N–H and O–H groups in total. The second-order valence-corrected chi connectivity index (χ2v) is 4.39. The van der Waals surface area contributed by atoms with Crippen molar-refractivity contribution < 1.29 is 4.79 Å². The molecule has 1 aromatic rings. The lowest BCUT2D eigenvalue weighted by molar-refractivity contribution is -0.121. The van der Waals surface area contributed by atoms with Gasteiger partial charge >= 0.3 is 0 Å². The fourth-order valence-electron chi connectivity index (χ4n) is 2.06. The van der Waals surface area contributed by atoms with Crippen LogP contribution in [-0.4, -0.2) is 21.4 Å². The highest BCUT2D eigenvalue weighted by Crippen LogP contribution is 2.22. The van der Waals surface area contributed by atoms with Crippen LogP contribution in [0.5, 0.6) is 0 Å². The normalized spacial score (nSPS) is 27.0. The van der Waals surface area contributed by atoms with Gasteiger partial charge in [-0.15, -0.1) is 0 Å². The highest BCUT2D eigenvalue weighted by molar-refractivity contribution is 5.80. The molecule has 2 heterocycles. The summed E-state index contributed by atoms with van der Waals surface area (Å²) in [6.07, 6.45) is 3.21. The summed E-state index contributed by atoms with van der Waals surface area (Å²) in [5.74, 6) is 1.31. The van der Waals surface area contributed by atoms with Crippen LogP contribution in [0.1, 0.15) is 37.3 Å². The van der Waals surface area contributed by atoms with Crippen molar-refractivity contribution in [3.63, 3.8) is 0 Å². The minimum absolute atomic E-state index is 0.0983. The zero-order chi connectivity index (χ0) is 11.0. The Hall–Kier alpha value is -1.16. The van der Waals surface area contributed by atoms with E-state index in [1.165, 1.54) is 0 Å². The summed E-state index contributed by atoms with van der Waals surface area (Å²) < 4.78 is 1.99. The summed E-state index contributed by atoms with van der Waals surface area (Å²) in [5, 5.41) is 3.41. The second kappa shape index (κ2) is 3.77. The SMILES string of the molecule is Cc1nc(C2CC(=O)CC(C)N2)cn1C. The molecule has 1 saturated heterocycles. The molecule has 1 aliphatic rings. The topological polar surface area (TPSA) is 46.9 Å². The smallest absolute Gasteiger partial charge is 0.136 e. The fourth-order valence-corrected chi connectivity index (χ4v) is 2.06. The first kappa shape index (κ1) is 10.4. The van der Waals surface area contributed by atoms with Gasteiger partial charge in [0.2, 0.25) is 0 Å². The number of nitrogens with one attached hydrogen (secondary N) is 1. The predicted molar refractivity (Wildman–Crippen MR) is 57.5 cm³/mol. The Morgan fingerprint density at radius 2 is 2.27 bits per heavy atom. The summed E-state index contributed by atoms with van der Waals surface area (Å²) in [6, 6.07) is 0.361. The minimum Gasteiger partial charge on any atom is -0.338 e. The van der Waals surface area contributed by atoms with Gasteiger partial charge in [-0.3, -0.25) is 4.79 Å². The van der Waals surface area contributed by atoms with Crippen LogP contribution in [0.2, 0.25) is 0 Å². The lowest BCUT2D eigenvalue weighted by Gasteiger charge is -2.26. The summed E-state index contributed by atoms with van der Waals surface area (Å²) in [5.41, 5.74) is 0.981. The molecular weight excluding hydrogens is 190 g/mol. The highest BCUT2D eigenvalue weighted by Gasteiger charge is 2.26. The van der Waals surface area contributed by atoms with Crippen LogP contribution in [0.15, 0.2) is 6.20 Å². The highest BCUT2D eigenvalue weighted by atomic mass is 16.1. The van der Waals surface area contributed by atoms with Gasteiger partial charge in [-0.1, -0.05) is 0 Å². The molecule has 2 rings (SSSR count). The van der Waals surface area contributed by atoms with Crippen molar-refractivity contribution in [1.82, 2.24) is 14.9 Å². The molecule has 1 aromatic heterocycles. The van der Waals surface area contributed by atoms with Crippen molar-refractivity contribution in [2.24, 2.45) is 7.05 Å². The van der Waals surface area contributed by atoms with Gasteiger partial charge in [0.25, 0.3) is 0 Å². The number of ketones is 1. The number of rotatable bonds is 1. The van der Waals surface area contributed by atoms with Crippen LogP contribution in [-0.2, 0) is 11.8 Å². The molecule has 1 aliphatic heterocycles. The van der Waals surface area contributed by atoms with Crippen LogP contribution in [0, 0.1) is 6.92 Å². The number of hydrogen-bond acceptors (Lipinski definition) is 3. The maximum absolute atomic E-state index is 11.5. The van der Waals surface area contributed by atoms with Gasteiger partial charge in [0.15, 0.2) is 0 Å². The summed E-state index contributed by atoms with van der Waals surface area (Å²) >= 11 is 0. The number of carbonyl (C=O) groups is 1. The molecule has 0 aliphatic carbocycles. The molecule has 0 aromatic carbocycles. The third-order valence-corrected chi connectivity index (χ3v) is 2.94. The molecule has 0 bridgehead atoms. The zero-order valence-electron chi connectivity index (χ0n) is 9.45. The number of piperidine rings is 1. The molecule has 2 unspecified atom stereocenters. The zero-order valence-corrected chi connectivity index (χ0v) is 9.45. The lowest BCUT2D eigenvalue weighted by Crippen LogP contribution is -2.39. The van der Waals surface area contributed by atoms with Crippen molar-refractivity contribution in [3.8, 4) is 0 Å². The van der Waals surface area contributed by atoms with E-state index in [0.29, 0.717) is 18.6 Å². The Bertz CT molecular complexity index is 364. The first-order chi connectivity index (χ1) is 7.06. The second-order valence-electron chi connectivity index (χ2n) is 4.39. The van der Waals surface area contributed by atoms with E-state index < -0.39 is 0 Å². The van der Waals surface area contributed by atoms with Gasteiger partial charge < -0.3 is 9.88 Å². The van der Waals surface area contributed by atoms with E-state index in [9.17, 15) is 4.79 Å². The fraction of sp³-hybridized carbons (Fsp3) is 0.636. The molecule has 0 amide bonds. The molecule has 1 fully saturated rings. The number of imidazole rings is 1. The van der Waals surface area contributed by atoms with Crippen LogP contribution in [0.4, 0.5) is 0 Å². The first-order valence-electron chi connectivity index (χ1n) is 5.34. The van der Waals surface area contributed by atoms with Gasteiger partial charge in [0, 0.05) is 32.1 Å². The van der Waals surface area contributed by atoms with Gasteiger partial charge in [0.05, 0.1) is 11.7 Å². The molecule has 0 saturated carbocycles. The number of aryl methyl sites for hydroxylation is 2. The number of aromatic nitrogens is 2. The van der Waals surface area contributed by atoms with Crippen molar-refractivity contribution in [3.05, 3.63) is 17.7 Å². The van der Waals surface area contributed by atoms with E-state index in [2.05, 4.69) is 10.3 Å². The van der Waals surface area contributed by atoms with E-state index in [1.54, 1.807) is 0 Å². The Kier molecular flexibility index (Phi) is 2.61. The lowest BCUT2D eigenvalue weighted by atomic mass is 9.96. The largest absolute Gasteiger partial charge is 0.338 e. The van der Waals surface area contributed by atoms with Gasteiger partial charge in [-0.25, -0.2) is 4.98 Å².